The van der Waals surface area contributed by atoms with Crippen LogP contribution in [-0.4, -0.2) is 27.4 Å². The van der Waals surface area contributed by atoms with Gasteiger partial charge in [0, 0.05) is 0 Å². The molecule has 0 unspecified atom stereocenters. The van der Waals surface area contributed by atoms with E-state index in [2.05, 4.69) is 28.3 Å². The Morgan fingerprint density at radius 2 is 1.62 bits per heavy atom. The van der Waals surface area contributed by atoms with Crippen molar-refractivity contribution in [1.29, 1.82) is 0 Å². The van der Waals surface area contributed by atoms with E-state index in [1.165, 1.54) is 0 Å². The zero-order valence-electron chi connectivity index (χ0n) is 4.89. The average Bonchev–Trinajstić information content (AvgIpc) is 1.68. The Hall–Kier alpha value is 0.429. The maximum atomic E-state index is 3.65. The van der Waals surface area contributed by atoms with E-state index in [1.807, 2.05) is 12.2 Å². The summed E-state index contributed by atoms with van der Waals surface area (Å²) in [6, 6.07) is 0. The first-order valence-electron chi connectivity index (χ1n) is 2.54. The van der Waals surface area contributed by atoms with Crippen LogP contribution in [0.1, 0.15) is 0 Å². The molecule has 0 rings (SSSR count). The molecule has 0 saturated heterocycles. The molecule has 46 valence electrons. The first-order valence-corrected chi connectivity index (χ1v) is 6.94. The SMILES string of the molecule is C=CC[PH](=[Se])CC=C. The summed E-state index contributed by atoms with van der Waals surface area (Å²) in [5, 5.41) is 0. The van der Waals surface area contributed by atoms with E-state index < -0.39 is 0 Å². The zero-order valence-corrected chi connectivity index (χ0v) is 7.60. The van der Waals surface area contributed by atoms with Gasteiger partial charge in [0.2, 0.25) is 0 Å². The van der Waals surface area contributed by atoms with E-state index >= 15 is 0 Å². The molecule has 0 aliphatic carbocycles. The van der Waals surface area contributed by atoms with Crippen LogP contribution < -0.4 is 0 Å². The molecule has 0 aliphatic heterocycles. The second-order valence-electron chi connectivity index (χ2n) is 1.52. The molecule has 0 saturated carbocycles. The third-order valence-corrected chi connectivity index (χ3v) is 4.33. The molecule has 0 bridgehead atoms. The summed E-state index contributed by atoms with van der Waals surface area (Å²) in [6.07, 6.45) is 5.98. The van der Waals surface area contributed by atoms with Gasteiger partial charge in [-0.1, -0.05) is 0 Å². The Morgan fingerprint density at radius 3 is 1.88 bits per heavy atom. The Kier molecular flexibility index (Phi) is 5.86. The van der Waals surface area contributed by atoms with Gasteiger partial charge in [0.15, 0.2) is 0 Å². The predicted octanol–water partition coefficient (Wildman–Crippen LogP) is 1.66. The summed E-state index contributed by atoms with van der Waals surface area (Å²) in [6.45, 7) is 7.31. The summed E-state index contributed by atoms with van der Waals surface area (Å²) in [5.41, 5.74) is 0. The summed E-state index contributed by atoms with van der Waals surface area (Å²) >= 11 is 3.14. The van der Waals surface area contributed by atoms with Gasteiger partial charge in [-0.2, -0.15) is 0 Å². The van der Waals surface area contributed by atoms with Crippen molar-refractivity contribution in [3.05, 3.63) is 25.3 Å². The molecular weight excluding hydrogens is 182 g/mol. The molecule has 0 spiro atoms. The van der Waals surface area contributed by atoms with Gasteiger partial charge in [0.25, 0.3) is 0 Å². The molecule has 0 amide bonds. The minimum atomic E-state index is -0.253. The second kappa shape index (κ2) is 5.56. The first kappa shape index (κ1) is 8.43. The zero-order chi connectivity index (χ0) is 6.41. The molecule has 0 aromatic carbocycles. The van der Waals surface area contributed by atoms with E-state index in [-0.39, 0.29) is 6.17 Å². The van der Waals surface area contributed by atoms with Gasteiger partial charge in [0.1, 0.15) is 0 Å². The topological polar surface area (TPSA) is 0 Å². The number of rotatable bonds is 4. The van der Waals surface area contributed by atoms with E-state index in [4.69, 9.17) is 0 Å². The fourth-order valence-corrected chi connectivity index (χ4v) is 2.70. The summed E-state index contributed by atoms with van der Waals surface area (Å²) < 4.78 is 0. The molecule has 0 N–H and O–H groups in total. The van der Waals surface area contributed by atoms with Crippen LogP contribution in [0.4, 0.5) is 0 Å². The average molecular weight is 193 g/mol. The van der Waals surface area contributed by atoms with Gasteiger partial charge in [-0.25, -0.2) is 0 Å². The quantitative estimate of drug-likeness (QED) is 0.362. The normalized spacial score (nSPS) is 9.12. The summed E-state index contributed by atoms with van der Waals surface area (Å²) in [7, 11) is 0. The standard InChI is InChI=1S/C6H11PSe/c1-3-5-7(8)6-4-2/h3-4,7H,1-2,5-6H2. The third-order valence-electron chi connectivity index (χ3n) is 0.744. The van der Waals surface area contributed by atoms with E-state index in [1.54, 1.807) is 0 Å². The maximum absolute atomic E-state index is 3.65. The Bertz CT molecular complexity index is 95.1. The van der Waals surface area contributed by atoms with Crippen molar-refractivity contribution in [3.63, 3.8) is 0 Å². The summed E-state index contributed by atoms with van der Waals surface area (Å²) in [4.78, 5) is 0. The number of allylic oxidation sites excluding steroid dienone is 2. The van der Waals surface area contributed by atoms with Crippen molar-refractivity contribution < 1.29 is 0 Å². The fourth-order valence-electron chi connectivity index (χ4n) is 0.405. The van der Waals surface area contributed by atoms with Crippen LogP contribution in [0.3, 0.4) is 0 Å². The molecule has 0 aromatic heterocycles. The van der Waals surface area contributed by atoms with Crippen molar-refractivity contribution in [3.8, 4) is 0 Å². The molecule has 0 heterocycles. The van der Waals surface area contributed by atoms with Gasteiger partial charge < -0.3 is 0 Å². The van der Waals surface area contributed by atoms with Crippen LogP contribution in [0.15, 0.2) is 25.3 Å². The van der Waals surface area contributed by atoms with Crippen LogP contribution in [0.5, 0.6) is 0 Å². The van der Waals surface area contributed by atoms with Crippen LogP contribution in [0.25, 0.3) is 0 Å². The molecule has 8 heavy (non-hydrogen) atoms. The van der Waals surface area contributed by atoms with Crippen LogP contribution in [0, 0.1) is 0 Å². The fraction of sp³-hybridized carbons (Fsp3) is 0.333. The third kappa shape index (κ3) is 4.59. The van der Waals surface area contributed by atoms with Gasteiger partial charge in [0.05, 0.1) is 0 Å². The molecule has 0 aliphatic rings. The molecule has 0 aromatic rings. The Morgan fingerprint density at radius 1 is 1.25 bits per heavy atom. The van der Waals surface area contributed by atoms with E-state index in [0.717, 1.165) is 12.3 Å². The molecular formula is C6H11PSe. The van der Waals surface area contributed by atoms with Crippen molar-refractivity contribution in [1.82, 2.24) is 0 Å². The Labute approximate surface area is 59.3 Å². The predicted molar refractivity (Wildman–Crippen MR) is 44.2 cm³/mol. The van der Waals surface area contributed by atoms with Crippen molar-refractivity contribution in [2.75, 3.05) is 12.3 Å². The minimum absolute atomic E-state index is 0.253. The molecule has 0 fully saturated rings. The molecule has 0 radical (unpaired) electrons. The number of hydrogen-bond donors (Lipinski definition) is 0. The van der Waals surface area contributed by atoms with Crippen LogP contribution >= 0.6 is 6.17 Å². The Balaban J connectivity index is 3.32. The van der Waals surface area contributed by atoms with Gasteiger partial charge in [-0.15, -0.1) is 0 Å². The molecule has 0 nitrogen and oxygen atoms in total. The van der Waals surface area contributed by atoms with Crippen molar-refractivity contribution in [2.45, 2.75) is 0 Å². The summed E-state index contributed by atoms with van der Waals surface area (Å²) in [5.74, 6) is 0. The van der Waals surface area contributed by atoms with Gasteiger partial charge >= 0.3 is 58.9 Å². The van der Waals surface area contributed by atoms with Crippen molar-refractivity contribution >= 4 is 21.3 Å². The van der Waals surface area contributed by atoms with E-state index in [9.17, 15) is 0 Å². The van der Waals surface area contributed by atoms with Crippen LogP contribution in [-0.2, 0) is 0 Å². The number of hydrogen-bond acceptors (Lipinski definition) is 0. The van der Waals surface area contributed by atoms with Gasteiger partial charge in [-0.3, -0.25) is 0 Å². The van der Waals surface area contributed by atoms with E-state index in [0.29, 0.717) is 0 Å². The van der Waals surface area contributed by atoms with Crippen LogP contribution in [0.2, 0.25) is 0 Å². The molecule has 0 atom stereocenters. The molecule has 2 heteroatoms. The van der Waals surface area contributed by atoms with Gasteiger partial charge in [-0.05, 0) is 0 Å². The monoisotopic (exact) mass is 194 g/mol. The first-order chi connectivity index (χ1) is 3.81. The van der Waals surface area contributed by atoms with Crippen molar-refractivity contribution in [2.24, 2.45) is 0 Å². The second-order valence-corrected chi connectivity index (χ2v) is 7.05.